The first-order valence-corrected chi connectivity index (χ1v) is 9.85. The van der Waals surface area contributed by atoms with Crippen molar-refractivity contribution in [1.82, 2.24) is 15.1 Å². The molecule has 0 saturated carbocycles. The molecule has 5 rings (SSSR count). The van der Waals surface area contributed by atoms with Gasteiger partial charge in [0.1, 0.15) is 11.5 Å². The van der Waals surface area contributed by atoms with Gasteiger partial charge in [-0.25, -0.2) is 0 Å². The van der Waals surface area contributed by atoms with Crippen molar-refractivity contribution >= 4 is 5.91 Å². The van der Waals surface area contributed by atoms with Gasteiger partial charge in [-0.15, -0.1) is 4.70 Å². The topological polar surface area (TPSA) is 85.1 Å². The molecule has 146 valence electrons. The van der Waals surface area contributed by atoms with E-state index in [1.165, 1.54) is 0 Å². The molecule has 29 heavy (non-hydrogen) atoms. The van der Waals surface area contributed by atoms with Crippen molar-refractivity contribution in [2.45, 2.75) is 24.9 Å². The maximum Gasteiger partial charge on any atom is 0.274 e. The number of likely N-dealkylation sites (tertiary alicyclic amines) is 1. The molecule has 0 radical (unpaired) electrons. The van der Waals surface area contributed by atoms with Crippen molar-refractivity contribution in [3.63, 3.8) is 0 Å². The predicted octanol–water partition coefficient (Wildman–Crippen LogP) is 3.90. The van der Waals surface area contributed by atoms with E-state index in [2.05, 4.69) is 10.2 Å². The van der Waals surface area contributed by atoms with Gasteiger partial charge in [0.15, 0.2) is 18.3 Å². The number of ether oxygens (including phenoxy) is 1. The van der Waals surface area contributed by atoms with Gasteiger partial charge in [0.05, 0.1) is 11.7 Å². The van der Waals surface area contributed by atoms with E-state index >= 15 is 0 Å². The van der Waals surface area contributed by atoms with Gasteiger partial charge < -0.3 is 9.64 Å². The third kappa shape index (κ3) is 3.29. The van der Waals surface area contributed by atoms with Crippen LogP contribution in [0.5, 0.6) is 11.5 Å². The van der Waals surface area contributed by atoms with E-state index in [1.54, 1.807) is 10.8 Å². The number of nitrogens with zero attached hydrogens (tertiary/aromatic N) is 3. The highest BCUT2D eigenvalue weighted by atomic mass is 16.5. The Bertz CT molecular complexity index is 1060. The maximum atomic E-state index is 13.0. The van der Waals surface area contributed by atoms with Gasteiger partial charge in [-0.3, -0.25) is 9.89 Å². The zero-order chi connectivity index (χ0) is 19.8. The Balaban J connectivity index is 1.39. The monoisotopic (exact) mass is 388 g/mol. The number of para-hydroxylation sites is 2. The minimum absolute atomic E-state index is 0.0762. The molecular formula is C22H22N5O2+. The Morgan fingerprint density at radius 2 is 1.97 bits per heavy atom. The zero-order valence-electron chi connectivity index (χ0n) is 15.9. The third-order valence-electron chi connectivity index (χ3n) is 5.74. The second-order valence-electron chi connectivity index (χ2n) is 7.56. The standard InChI is InChI=1S/C22H21N5O2/c23-27-14-16-12-15(27)10-11-26(16)22(28)20-13-19(24-25-20)18-8-4-5-9-21(18)29-17-6-2-1-3-7-17/h1-9,13,15-16,23H,10-12,14H2/p+1/t15-,16+/m0/s1. The summed E-state index contributed by atoms with van der Waals surface area (Å²) in [4.78, 5) is 14.9. The van der Waals surface area contributed by atoms with Gasteiger partial charge in [0.2, 0.25) is 0 Å². The van der Waals surface area contributed by atoms with Gasteiger partial charge in [-0.1, -0.05) is 35.9 Å². The van der Waals surface area contributed by atoms with Crippen LogP contribution in [0.25, 0.3) is 11.3 Å². The molecular weight excluding hydrogens is 366 g/mol. The number of rotatable bonds is 4. The summed E-state index contributed by atoms with van der Waals surface area (Å²) in [6, 6.07) is 19.5. The summed E-state index contributed by atoms with van der Waals surface area (Å²) in [7, 11) is 0. The smallest absolute Gasteiger partial charge is 0.274 e. The number of amides is 1. The summed E-state index contributed by atoms with van der Waals surface area (Å²) >= 11 is 0. The molecule has 2 fully saturated rings. The highest BCUT2D eigenvalue weighted by Crippen LogP contribution is 2.33. The Hall–Kier alpha value is -3.48. The lowest BCUT2D eigenvalue weighted by atomic mass is 10.0. The van der Waals surface area contributed by atoms with Gasteiger partial charge in [0, 0.05) is 24.9 Å². The summed E-state index contributed by atoms with van der Waals surface area (Å²) in [6.45, 7) is 1.29. The lowest BCUT2D eigenvalue weighted by molar-refractivity contribution is -0.628. The number of aromatic amines is 1. The molecule has 7 heteroatoms. The van der Waals surface area contributed by atoms with E-state index in [0.29, 0.717) is 24.5 Å². The fourth-order valence-corrected chi connectivity index (χ4v) is 4.24. The molecule has 2 aromatic carbocycles. The quantitative estimate of drug-likeness (QED) is 0.665. The Kier molecular flexibility index (Phi) is 4.35. The van der Waals surface area contributed by atoms with Crippen LogP contribution in [0.15, 0.2) is 60.7 Å². The second kappa shape index (κ2) is 7.16. The molecule has 0 aliphatic carbocycles. The number of carbonyl (C=O) groups is 1. The van der Waals surface area contributed by atoms with Crippen LogP contribution >= 0.6 is 0 Å². The van der Waals surface area contributed by atoms with Crippen LogP contribution in [0.1, 0.15) is 23.3 Å². The molecule has 0 unspecified atom stereocenters. The highest BCUT2D eigenvalue weighted by Gasteiger charge is 2.46. The Morgan fingerprint density at radius 1 is 1.17 bits per heavy atom. The van der Waals surface area contributed by atoms with Crippen molar-refractivity contribution in [3.8, 4) is 22.8 Å². The summed E-state index contributed by atoms with van der Waals surface area (Å²) in [5, 5.41) is 7.28. The van der Waals surface area contributed by atoms with Crippen LogP contribution in [-0.4, -0.2) is 50.9 Å². The zero-order valence-corrected chi connectivity index (χ0v) is 15.9. The number of piperidine rings is 1. The SMILES string of the molecule is N=[N+]1C[C@H]2C[C@@H]1CCN2C(=O)c1cc(-c2ccccc2Oc2ccccc2)[nH]n1. The molecule has 2 N–H and O–H groups in total. The van der Waals surface area contributed by atoms with Crippen molar-refractivity contribution in [2.24, 2.45) is 0 Å². The van der Waals surface area contributed by atoms with Crippen molar-refractivity contribution in [2.75, 3.05) is 13.1 Å². The number of nitrogens with one attached hydrogen (secondary N) is 2. The number of fused-ring (bicyclic) bond motifs is 2. The van der Waals surface area contributed by atoms with E-state index in [4.69, 9.17) is 10.3 Å². The van der Waals surface area contributed by atoms with E-state index in [1.807, 2.05) is 59.5 Å². The summed E-state index contributed by atoms with van der Waals surface area (Å²) in [5.41, 5.74) is 9.97. The predicted molar refractivity (Wildman–Crippen MR) is 106 cm³/mol. The average Bonchev–Trinajstić information content (AvgIpc) is 3.34. The maximum absolute atomic E-state index is 13.0. The van der Waals surface area contributed by atoms with Gasteiger partial charge in [-0.2, -0.15) is 5.10 Å². The van der Waals surface area contributed by atoms with E-state index in [0.717, 1.165) is 29.8 Å². The number of aromatic nitrogens is 2. The molecule has 2 aliphatic heterocycles. The number of hydrogen-bond donors (Lipinski definition) is 2. The fraction of sp³-hybridized carbons (Fsp3) is 0.273. The Labute approximate surface area is 168 Å². The van der Waals surface area contributed by atoms with Crippen molar-refractivity contribution in [1.29, 1.82) is 5.53 Å². The first kappa shape index (κ1) is 17.6. The molecule has 2 atom stereocenters. The van der Waals surface area contributed by atoms with Crippen LogP contribution in [-0.2, 0) is 0 Å². The van der Waals surface area contributed by atoms with E-state index < -0.39 is 0 Å². The number of carbonyl (C=O) groups excluding carboxylic acids is 1. The summed E-state index contributed by atoms with van der Waals surface area (Å²) in [6.07, 6.45) is 1.72. The molecule has 2 bridgehead atoms. The van der Waals surface area contributed by atoms with Crippen LogP contribution in [0.4, 0.5) is 0 Å². The van der Waals surface area contributed by atoms with Crippen LogP contribution in [0.3, 0.4) is 0 Å². The average molecular weight is 388 g/mol. The molecule has 1 amide bonds. The lowest BCUT2D eigenvalue weighted by Crippen LogP contribution is -2.44. The number of hydrogen-bond acceptors (Lipinski definition) is 4. The minimum Gasteiger partial charge on any atom is -0.457 e. The molecule has 7 nitrogen and oxygen atoms in total. The molecule has 3 aromatic rings. The van der Waals surface area contributed by atoms with E-state index in [-0.39, 0.29) is 18.0 Å². The lowest BCUT2D eigenvalue weighted by Gasteiger charge is -2.28. The molecule has 0 spiro atoms. The van der Waals surface area contributed by atoms with Crippen molar-refractivity contribution in [3.05, 3.63) is 66.4 Å². The van der Waals surface area contributed by atoms with Gasteiger partial charge >= 0.3 is 0 Å². The normalized spacial score (nSPS) is 20.7. The first-order valence-electron chi connectivity index (χ1n) is 9.85. The number of H-pyrrole nitrogens is 1. The van der Waals surface area contributed by atoms with Crippen LogP contribution in [0.2, 0.25) is 0 Å². The highest BCUT2D eigenvalue weighted by molar-refractivity contribution is 5.94. The largest absolute Gasteiger partial charge is 0.457 e. The first-order chi connectivity index (χ1) is 14.2. The Morgan fingerprint density at radius 3 is 2.83 bits per heavy atom. The molecule has 2 saturated heterocycles. The molecule has 3 heterocycles. The van der Waals surface area contributed by atoms with Gasteiger partial charge in [-0.05, 0) is 30.3 Å². The van der Waals surface area contributed by atoms with Crippen molar-refractivity contribution < 1.29 is 14.2 Å². The second-order valence-corrected chi connectivity index (χ2v) is 7.56. The minimum atomic E-state index is -0.0762. The third-order valence-corrected chi connectivity index (χ3v) is 5.74. The van der Waals surface area contributed by atoms with Crippen LogP contribution < -0.4 is 4.74 Å². The molecule has 2 aliphatic rings. The summed E-state index contributed by atoms with van der Waals surface area (Å²) in [5.74, 6) is 1.37. The fourth-order valence-electron chi connectivity index (χ4n) is 4.24. The van der Waals surface area contributed by atoms with E-state index in [9.17, 15) is 4.79 Å². The van der Waals surface area contributed by atoms with Gasteiger partial charge in [0.25, 0.3) is 5.91 Å². The number of benzene rings is 2. The molecule has 1 aromatic heterocycles. The summed E-state index contributed by atoms with van der Waals surface area (Å²) < 4.78 is 7.65. The van der Waals surface area contributed by atoms with Crippen LogP contribution in [0, 0.1) is 5.53 Å².